The minimum atomic E-state index is -4.48. The van der Waals surface area contributed by atoms with Crippen LogP contribution in [0.1, 0.15) is 11.4 Å². The molecule has 0 atom stereocenters. The van der Waals surface area contributed by atoms with Crippen molar-refractivity contribution >= 4 is 10.9 Å². The van der Waals surface area contributed by atoms with Crippen molar-refractivity contribution in [3.05, 3.63) is 52.1 Å². The highest BCUT2D eigenvalue weighted by molar-refractivity contribution is 5.79. The van der Waals surface area contributed by atoms with Crippen molar-refractivity contribution in [3.8, 4) is 0 Å². The average molecular weight is 295 g/mol. The Balaban J connectivity index is 2.19. The third-order valence-electron chi connectivity index (χ3n) is 3.01. The molecule has 2 heterocycles. The number of rotatable bonds is 2. The van der Waals surface area contributed by atoms with Crippen LogP contribution < -0.4 is 5.43 Å². The molecule has 9 heteroatoms. The number of nitrogens with zero attached hydrogens (tertiary/aromatic N) is 4. The molecule has 0 aliphatic rings. The van der Waals surface area contributed by atoms with Gasteiger partial charge < -0.3 is 4.57 Å². The Kier molecular flexibility index (Phi) is 2.96. The zero-order valence-electron chi connectivity index (χ0n) is 10.4. The largest absolute Gasteiger partial charge is 0.416 e. The van der Waals surface area contributed by atoms with E-state index in [1.54, 1.807) is 0 Å². The first-order chi connectivity index (χ1) is 9.95. The Hall–Kier alpha value is -2.71. The first-order valence-corrected chi connectivity index (χ1v) is 5.88. The van der Waals surface area contributed by atoms with E-state index in [1.165, 1.54) is 22.9 Å². The normalized spacial score (nSPS) is 12.0. The monoisotopic (exact) mass is 295 g/mol. The van der Waals surface area contributed by atoms with Crippen molar-refractivity contribution in [3.63, 3.8) is 0 Å². The van der Waals surface area contributed by atoms with Gasteiger partial charge in [-0.25, -0.2) is 0 Å². The maximum Gasteiger partial charge on any atom is 0.416 e. The number of hydrogen-bond donors (Lipinski definition) is 1. The molecule has 1 N–H and O–H groups in total. The quantitative estimate of drug-likeness (QED) is 0.778. The fraction of sp³-hybridized carbons (Fsp3) is 0.167. The highest BCUT2D eigenvalue weighted by Crippen LogP contribution is 2.30. The van der Waals surface area contributed by atoms with Gasteiger partial charge in [0.15, 0.2) is 11.3 Å². The van der Waals surface area contributed by atoms with Crippen molar-refractivity contribution in [1.29, 1.82) is 0 Å². The van der Waals surface area contributed by atoms with Crippen LogP contribution in [0.4, 0.5) is 13.2 Å². The number of aromatic nitrogens is 5. The number of hydrogen-bond acceptors (Lipinski definition) is 4. The second kappa shape index (κ2) is 4.69. The fourth-order valence-electron chi connectivity index (χ4n) is 2.02. The van der Waals surface area contributed by atoms with E-state index in [1.807, 2.05) is 0 Å². The Morgan fingerprint density at radius 2 is 2.05 bits per heavy atom. The van der Waals surface area contributed by atoms with Gasteiger partial charge in [0.1, 0.15) is 0 Å². The maximum atomic E-state index is 12.8. The molecule has 0 amide bonds. The van der Waals surface area contributed by atoms with Crippen molar-refractivity contribution in [2.24, 2.45) is 0 Å². The number of benzene rings is 1. The summed E-state index contributed by atoms with van der Waals surface area (Å²) in [6.45, 7) is 0.106. The van der Waals surface area contributed by atoms with Gasteiger partial charge >= 0.3 is 6.18 Å². The minimum Gasteiger partial charge on any atom is -0.339 e. The molecule has 6 nitrogen and oxygen atoms in total. The van der Waals surface area contributed by atoms with Crippen LogP contribution in [0.3, 0.4) is 0 Å². The molecule has 0 saturated carbocycles. The Morgan fingerprint density at radius 1 is 1.24 bits per heavy atom. The third kappa shape index (κ3) is 2.49. The van der Waals surface area contributed by atoms with Crippen LogP contribution in [-0.4, -0.2) is 25.2 Å². The van der Waals surface area contributed by atoms with E-state index in [0.717, 1.165) is 12.1 Å². The summed E-state index contributed by atoms with van der Waals surface area (Å²) in [4.78, 5) is 11.7. The first-order valence-electron chi connectivity index (χ1n) is 5.88. The zero-order valence-corrected chi connectivity index (χ0v) is 10.4. The lowest BCUT2D eigenvalue weighted by atomic mass is 10.1. The van der Waals surface area contributed by atoms with Crippen LogP contribution in [0.25, 0.3) is 10.9 Å². The van der Waals surface area contributed by atoms with Crippen LogP contribution in [0.5, 0.6) is 0 Å². The molecule has 0 spiro atoms. The number of pyridine rings is 1. The van der Waals surface area contributed by atoms with Crippen LogP contribution in [0, 0.1) is 0 Å². The van der Waals surface area contributed by atoms with E-state index in [4.69, 9.17) is 0 Å². The number of alkyl halides is 3. The van der Waals surface area contributed by atoms with Gasteiger partial charge in [-0.05, 0) is 18.2 Å². The Labute approximate surface area is 115 Å². The molecule has 0 aliphatic carbocycles. The summed E-state index contributed by atoms with van der Waals surface area (Å²) in [5, 5.41) is 13.3. The highest BCUT2D eigenvalue weighted by Gasteiger charge is 2.30. The molecule has 0 unspecified atom stereocenters. The average Bonchev–Trinajstić information content (AvgIpc) is 2.93. The van der Waals surface area contributed by atoms with Gasteiger partial charge in [0.05, 0.1) is 17.6 Å². The summed E-state index contributed by atoms with van der Waals surface area (Å²) >= 11 is 0. The standard InChI is InChI=1S/C12H8F3N5O/c13-12(14,15)7-1-2-8-9(5-7)20(4-3-10(8)21)6-11-16-18-19-17-11/h1-5H,6H2,(H,16,17,18,19). The highest BCUT2D eigenvalue weighted by atomic mass is 19.4. The van der Waals surface area contributed by atoms with Gasteiger partial charge in [0.2, 0.25) is 0 Å². The van der Waals surface area contributed by atoms with Gasteiger partial charge in [-0.3, -0.25) is 4.79 Å². The van der Waals surface area contributed by atoms with E-state index in [9.17, 15) is 18.0 Å². The first kappa shape index (κ1) is 13.3. The van der Waals surface area contributed by atoms with Gasteiger partial charge in [0.25, 0.3) is 0 Å². The molecule has 0 fully saturated rings. The lowest BCUT2D eigenvalue weighted by molar-refractivity contribution is -0.137. The van der Waals surface area contributed by atoms with Crippen molar-refractivity contribution in [1.82, 2.24) is 25.2 Å². The molecule has 0 aliphatic heterocycles. The Bertz CT molecular complexity index is 838. The van der Waals surface area contributed by atoms with E-state index in [0.29, 0.717) is 5.82 Å². The van der Waals surface area contributed by atoms with Crippen LogP contribution in [0.15, 0.2) is 35.3 Å². The van der Waals surface area contributed by atoms with Crippen molar-refractivity contribution in [2.45, 2.75) is 12.7 Å². The number of halogens is 3. The molecule has 0 radical (unpaired) electrons. The molecule has 3 aromatic rings. The second-order valence-corrected chi connectivity index (χ2v) is 4.37. The molecular formula is C12H8F3N5O. The van der Waals surface area contributed by atoms with Gasteiger partial charge in [-0.2, -0.15) is 18.4 Å². The summed E-state index contributed by atoms with van der Waals surface area (Å²) < 4.78 is 39.9. The minimum absolute atomic E-state index is 0.106. The molecule has 1 aromatic carbocycles. The third-order valence-corrected chi connectivity index (χ3v) is 3.01. The molecule has 2 aromatic heterocycles. The van der Waals surface area contributed by atoms with Crippen LogP contribution in [0.2, 0.25) is 0 Å². The number of H-pyrrole nitrogens is 1. The molecule has 0 bridgehead atoms. The number of tetrazole rings is 1. The van der Waals surface area contributed by atoms with E-state index in [-0.39, 0.29) is 22.9 Å². The number of fused-ring (bicyclic) bond motifs is 1. The predicted octanol–water partition coefficient (Wildman–Crippen LogP) is 1.58. The SMILES string of the molecule is O=c1ccn(Cc2nn[nH]n2)c2cc(C(F)(F)F)ccc12. The lowest BCUT2D eigenvalue weighted by Crippen LogP contribution is -2.12. The van der Waals surface area contributed by atoms with E-state index < -0.39 is 11.7 Å². The fourth-order valence-corrected chi connectivity index (χ4v) is 2.02. The van der Waals surface area contributed by atoms with Gasteiger partial charge in [0, 0.05) is 17.6 Å². The summed E-state index contributed by atoms with van der Waals surface area (Å²) in [6.07, 6.45) is -3.07. The second-order valence-electron chi connectivity index (χ2n) is 4.37. The molecule has 21 heavy (non-hydrogen) atoms. The van der Waals surface area contributed by atoms with Crippen molar-refractivity contribution in [2.75, 3.05) is 0 Å². The summed E-state index contributed by atoms with van der Waals surface area (Å²) in [5.41, 5.74) is -0.993. The number of nitrogens with one attached hydrogen (secondary N) is 1. The van der Waals surface area contributed by atoms with E-state index >= 15 is 0 Å². The summed E-state index contributed by atoms with van der Waals surface area (Å²) in [5.74, 6) is 0.303. The molecule has 0 saturated heterocycles. The molecular weight excluding hydrogens is 287 g/mol. The van der Waals surface area contributed by atoms with Crippen LogP contribution in [-0.2, 0) is 12.7 Å². The predicted molar refractivity (Wildman–Crippen MR) is 66.5 cm³/mol. The van der Waals surface area contributed by atoms with E-state index in [2.05, 4.69) is 20.6 Å². The van der Waals surface area contributed by atoms with Crippen LogP contribution >= 0.6 is 0 Å². The lowest BCUT2D eigenvalue weighted by Gasteiger charge is -2.11. The molecule has 3 rings (SSSR count). The maximum absolute atomic E-state index is 12.8. The van der Waals surface area contributed by atoms with Crippen molar-refractivity contribution < 1.29 is 13.2 Å². The van der Waals surface area contributed by atoms with Gasteiger partial charge in [-0.15, -0.1) is 10.2 Å². The number of aromatic amines is 1. The topological polar surface area (TPSA) is 76.5 Å². The van der Waals surface area contributed by atoms with Gasteiger partial charge in [-0.1, -0.05) is 5.21 Å². The Morgan fingerprint density at radius 3 is 2.71 bits per heavy atom. The zero-order chi connectivity index (χ0) is 15.0. The smallest absolute Gasteiger partial charge is 0.339 e. The summed E-state index contributed by atoms with van der Waals surface area (Å²) in [7, 11) is 0. The summed E-state index contributed by atoms with van der Waals surface area (Å²) in [6, 6.07) is 4.29. The molecule has 108 valence electrons.